The number of nitrogens with two attached hydrogens (primary N) is 1. The van der Waals surface area contributed by atoms with Crippen molar-refractivity contribution in [1.82, 2.24) is 5.32 Å². The number of carbonyl (C=O) groups is 1. The minimum atomic E-state index is -0.107. The highest BCUT2D eigenvalue weighted by molar-refractivity contribution is 9.09. The van der Waals surface area contributed by atoms with Gasteiger partial charge in [-0.1, -0.05) is 15.9 Å². The highest BCUT2D eigenvalue weighted by Crippen LogP contribution is 1.73. The summed E-state index contributed by atoms with van der Waals surface area (Å²) < 4.78 is 0. The van der Waals surface area contributed by atoms with E-state index in [0.717, 1.165) is 5.33 Å². The molecule has 5 heteroatoms. The molecule has 0 spiro atoms. The third-order valence-electron chi connectivity index (χ3n) is 0.602. The molecule has 0 atom stereocenters. The molecule has 0 aromatic heterocycles. The zero-order chi connectivity index (χ0) is 6.41. The van der Waals surface area contributed by atoms with Gasteiger partial charge in [-0.3, -0.25) is 4.79 Å². The van der Waals surface area contributed by atoms with Gasteiger partial charge in [0.15, 0.2) is 0 Å². The van der Waals surface area contributed by atoms with E-state index in [1.165, 1.54) is 0 Å². The number of rotatable bonds is 3. The molecule has 9 heavy (non-hydrogen) atoms. The lowest BCUT2D eigenvalue weighted by Gasteiger charge is -1.96. The zero-order valence-corrected chi connectivity index (χ0v) is 8.19. The van der Waals surface area contributed by atoms with Crippen molar-refractivity contribution < 1.29 is 4.79 Å². The largest absolute Gasteiger partial charge is 0.354 e. The number of hydrogen-bond acceptors (Lipinski definition) is 2. The number of hydrogen-bond donors (Lipinski definition) is 2. The highest BCUT2D eigenvalue weighted by Gasteiger charge is 1.91. The standard InChI is InChI=1S/C4H9BrN2O.BrH/c5-1-2-7-4(8)3-6;/h1-3,6H2,(H,7,8);1H. The quantitative estimate of drug-likeness (QED) is 0.705. The molecule has 0 unspecified atom stereocenters. The number of halogens is 2. The Kier molecular flexibility index (Phi) is 11.3. The van der Waals surface area contributed by atoms with Crippen LogP contribution < -0.4 is 11.1 Å². The molecular weight excluding hydrogens is 252 g/mol. The molecule has 56 valence electrons. The first kappa shape index (κ1) is 12.1. The van der Waals surface area contributed by atoms with Crippen LogP contribution in [0.5, 0.6) is 0 Å². The highest BCUT2D eigenvalue weighted by atomic mass is 79.9. The van der Waals surface area contributed by atoms with E-state index in [1.54, 1.807) is 0 Å². The van der Waals surface area contributed by atoms with Gasteiger partial charge >= 0.3 is 0 Å². The number of alkyl halides is 1. The lowest BCUT2D eigenvalue weighted by molar-refractivity contribution is -0.119. The van der Waals surface area contributed by atoms with Gasteiger partial charge in [-0.15, -0.1) is 17.0 Å². The fraction of sp³-hybridized carbons (Fsp3) is 0.750. The van der Waals surface area contributed by atoms with Crippen molar-refractivity contribution in [3.05, 3.63) is 0 Å². The van der Waals surface area contributed by atoms with Crippen molar-refractivity contribution in [1.29, 1.82) is 0 Å². The van der Waals surface area contributed by atoms with Crippen molar-refractivity contribution in [3.63, 3.8) is 0 Å². The molecule has 0 heterocycles. The minimum Gasteiger partial charge on any atom is -0.354 e. The van der Waals surface area contributed by atoms with Crippen LogP contribution in [0.3, 0.4) is 0 Å². The number of amides is 1. The minimum absolute atomic E-state index is 0. The second-order valence-electron chi connectivity index (χ2n) is 1.24. The van der Waals surface area contributed by atoms with Gasteiger partial charge < -0.3 is 11.1 Å². The third-order valence-corrected chi connectivity index (χ3v) is 0.999. The van der Waals surface area contributed by atoms with Crippen LogP contribution >= 0.6 is 32.9 Å². The Balaban J connectivity index is 0. The van der Waals surface area contributed by atoms with Crippen molar-refractivity contribution in [2.45, 2.75) is 0 Å². The molecule has 3 N–H and O–H groups in total. The molecule has 0 fully saturated rings. The van der Waals surface area contributed by atoms with Gasteiger partial charge in [0, 0.05) is 11.9 Å². The molecule has 0 rings (SSSR count). The van der Waals surface area contributed by atoms with Crippen LogP contribution in [0.15, 0.2) is 0 Å². The van der Waals surface area contributed by atoms with E-state index in [-0.39, 0.29) is 29.4 Å². The van der Waals surface area contributed by atoms with Crippen LogP contribution in [0.4, 0.5) is 0 Å². The lowest BCUT2D eigenvalue weighted by Crippen LogP contribution is -2.31. The van der Waals surface area contributed by atoms with E-state index in [0.29, 0.717) is 6.54 Å². The van der Waals surface area contributed by atoms with Gasteiger partial charge in [0.2, 0.25) is 5.91 Å². The summed E-state index contributed by atoms with van der Waals surface area (Å²) in [7, 11) is 0. The monoisotopic (exact) mass is 260 g/mol. The SMILES string of the molecule is Br.NCC(=O)NCCBr. The summed E-state index contributed by atoms with van der Waals surface area (Å²) >= 11 is 3.15. The lowest BCUT2D eigenvalue weighted by atomic mass is 10.6. The predicted molar refractivity (Wildman–Crippen MR) is 46.2 cm³/mol. The summed E-state index contributed by atoms with van der Waals surface area (Å²) in [6.45, 7) is 0.725. The van der Waals surface area contributed by atoms with Crippen molar-refractivity contribution in [3.8, 4) is 0 Å². The molecule has 0 radical (unpaired) electrons. The molecule has 0 saturated carbocycles. The second kappa shape index (κ2) is 8.39. The summed E-state index contributed by atoms with van der Waals surface area (Å²) in [5.41, 5.74) is 4.99. The smallest absolute Gasteiger partial charge is 0.233 e. The van der Waals surface area contributed by atoms with Gasteiger partial charge in [-0.2, -0.15) is 0 Å². The average molecular weight is 262 g/mol. The molecule has 0 aromatic carbocycles. The van der Waals surface area contributed by atoms with Crippen molar-refractivity contribution in [2.24, 2.45) is 5.73 Å². The molecule has 0 aliphatic rings. The zero-order valence-electron chi connectivity index (χ0n) is 4.89. The Labute approximate surface area is 73.3 Å². The maximum Gasteiger partial charge on any atom is 0.233 e. The molecular formula is C4H10Br2N2O. The van der Waals surface area contributed by atoms with Crippen LogP contribution in [0, 0.1) is 0 Å². The van der Waals surface area contributed by atoms with Crippen LogP contribution in [0.25, 0.3) is 0 Å². The Morgan fingerprint density at radius 3 is 2.56 bits per heavy atom. The Morgan fingerprint density at radius 2 is 2.22 bits per heavy atom. The van der Waals surface area contributed by atoms with E-state index < -0.39 is 0 Å². The summed E-state index contributed by atoms with van der Waals surface area (Å²) in [6, 6.07) is 0. The molecule has 0 saturated heterocycles. The fourth-order valence-corrected chi connectivity index (χ4v) is 0.457. The predicted octanol–water partition coefficient (Wildman–Crippen LogP) is 0.0341. The second-order valence-corrected chi connectivity index (χ2v) is 2.04. The summed E-state index contributed by atoms with van der Waals surface area (Å²) in [6.07, 6.45) is 0. The molecule has 0 bridgehead atoms. The van der Waals surface area contributed by atoms with Gasteiger partial charge in [-0.05, 0) is 0 Å². The van der Waals surface area contributed by atoms with Gasteiger partial charge in [0.25, 0.3) is 0 Å². The first-order chi connectivity index (χ1) is 3.81. The Morgan fingerprint density at radius 1 is 1.67 bits per heavy atom. The molecule has 1 amide bonds. The van der Waals surface area contributed by atoms with Crippen LogP contribution in [0.2, 0.25) is 0 Å². The van der Waals surface area contributed by atoms with Crippen molar-refractivity contribution >= 4 is 38.8 Å². The first-order valence-corrected chi connectivity index (χ1v) is 3.46. The first-order valence-electron chi connectivity index (χ1n) is 2.34. The van der Waals surface area contributed by atoms with E-state index in [4.69, 9.17) is 5.73 Å². The molecule has 0 aliphatic carbocycles. The summed E-state index contributed by atoms with van der Waals surface area (Å²) in [4.78, 5) is 10.3. The average Bonchev–Trinajstić information content (AvgIpc) is 1.83. The van der Waals surface area contributed by atoms with E-state index in [2.05, 4.69) is 21.2 Å². The van der Waals surface area contributed by atoms with Gasteiger partial charge in [-0.25, -0.2) is 0 Å². The number of carbonyl (C=O) groups excluding carboxylic acids is 1. The Hall–Kier alpha value is 0.390. The normalized spacial score (nSPS) is 7.78. The van der Waals surface area contributed by atoms with E-state index in [1.807, 2.05) is 0 Å². The molecule has 0 aromatic rings. The maximum atomic E-state index is 10.3. The van der Waals surface area contributed by atoms with Gasteiger partial charge in [0.1, 0.15) is 0 Å². The summed E-state index contributed by atoms with van der Waals surface area (Å²) in [5.74, 6) is -0.107. The molecule has 3 nitrogen and oxygen atoms in total. The summed E-state index contributed by atoms with van der Waals surface area (Å²) in [5, 5.41) is 3.35. The third kappa shape index (κ3) is 8.39. The van der Waals surface area contributed by atoms with Crippen LogP contribution in [0.1, 0.15) is 0 Å². The fourth-order valence-electron chi connectivity index (χ4n) is 0.259. The van der Waals surface area contributed by atoms with Crippen molar-refractivity contribution in [2.75, 3.05) is 18.4 Å². The van der Waals surface area contributed by atoms with Gasteiger partial charge in [0.05, 0.1) is 6.54 Å². The van der Waals surface area contributed by atoms with Crippen LogP contribution in [-0.4, -0.2) is 24.3 Å². The van der Waals surface area contributed by atoms with E-state index >= 15 is 0 Å². The Bertz CT molecular complexity index is 79.0. The number of nitrogens with one attached hydrogen (secondary N) is 1. The van der Waals surface area contributed by atoms with Crippen LogP contribution in [-0.2, 0) is 4.79 Å². The maximum absolute atomic E-state index is 10.3. The topological polar surface area (TPSA) is 55.1 Å². The van der Waals surface area contributed by atoms with E-state index in [9.17, 15) is 4.79 Å². The molecule has 0 aliphatic heterocycles.